The van der Waals surface area contributed by atoms with E-state index in [0.717, 1.165) is 11.1 Å². The number of amides is 2. The highest BCUT2D eigenvalue weighted by atomic mass is 16.6. The van der Waals surface area contributed by atoms with Crippen LogP contribution in [0.15, 0.2) is 18.2 Å². The molecule has 1 aromatic rings. The van der Waals surface area contributed by atoms with Gasteiger partial charge in [-0.2, -0.15) is 0 Å². The molecule has 0 aromatic heterocycles. The second-order valence-corrected chi connectivity index (χ2v) is 4.93. The first-order valence-electron chi connectivity index (χ1n) is 7.31. The molecule has 1 aromatic carbocycles. The standard InChI is InChI=1S/C16H22N2O5/c1-4-17-14(19)8-18-15(20)9-23-16(21)10-22-13-6-5-11(2)12(3)7-13/h5-7H,4,8-10H2,1-3H3,(H,17,19)(H,18,20). The van der Waals surface area contributed by atoms with E-state index >= 15 is 0 Å². The minimum absolute atomic E-state index is 0.149. The van der Waals surface area contributed by atoms with Crippen LogP contribution in [-0.2, 0) is 19.1 Å². The molecule has 0 saturated carbocycles. The van der Waals surface area contributed by atoms with Gasteiger partial charge in [0.25, 0.3) is 5.91 Å². The molecule has 7 heteroatoms. The van der Waals surface area contributed by atoms with Gasteiger partial charge in [-0.25, -0.2) is 4.79 Å². The second kappa shape index (κ2) is 9.45. The van der Waals surface area contributed by atoms with Crippen molar-refractivity contribution in [3.8, 4) is 5.75 Å². The third kappa shape index (κ3) is 7.30. The molecule has 0 spiro atoms. The van der Waals surface area contributed by atoms with Crippen molar-refractivity contribution in [1.29, 1.82) is 0 Å². The molecule has 7 nitrogen and oxygen atoms in total. The summed E-state index contributed by atoms with van der Waals surface area (Å²) < 4.78 is 10.1. The zero-order chi connectivity index (χ0) is 17.2. The minimum Gasteiger partial charge on any atom is -0.482 e. The van der Waals surface area contributed by atoms with Gasteiger partial charge in [0, 0.05) is 6.54 Å². The van der Waals surface area contributed by atoms with Gasteiger partial charge in [0.05, 0.1) is 6.54 Å². The van der Waals surface area contributed by atoms with Crippen molar-refractivity contribution in [1.82, 2.24) is 10.6 Å². The molecule has 0 saturated heterocycles. The lowest BCUT2D eigenvalue weighted by Crippen LogP contribution is -2.38. The van der Waals surface area contributed by atoms with Gasteiger partial charge in [-0.1, -0.05) is 6.07 Å². The Hall–Kier alpha value is -2.57. The Kier molecular flexibility index (Phi) is 7.59. The molecule has 23 heavy (non-hydrogen) atoms. The summed E-state index contributed by atoms with van der Waals surface area (Å²) in [5, 5.41) is 4.87. The summed E-state index contributed by atoms with van der Waals surface area (Å²) in [4.78, 5) is 34.1. The molecule has 0 heterocycles. The molecule has 0 aliphatic rings. The maximum Gasteiger partial charge on any atom is 0.344 e. The van der Waals surface area contributed by atoms with Gasteiger partial charge < -0.3 is 20.1 Å². The molecular weight excluding hydrogens is 300 g/mol. The van der Waals surface area contributed by atoms with Crippen LogP contribution in [0.1, 0.15) is 18.1 Å². The average Bonchev–Trinajstić information content (AvgIpc) is 2.52. The molecule has 2 amide bonds. The van der Waals surface area contributed by atoms with Crippen LogP contribution in [0.3, 0.4) is 0 Å². The molecule has 1 rings (SSSR count). The summed E-state index contributed by atoms with van der Waals surface area (Å²) >= 11 is 0. The Bertz CT molecular complexity index is 572. The first-order valence-corrected chi connectivity index (χ1v) is 7.31. The van der Waals surface area contributed by atoms with Gasteiger partial charge in [0.2, 0.25) is 5.91 Å². The molecule has 0 atom stereocenters. The zero-order valence-corrected chi connectivity index (χ0v) is 13.6. The summed E-state index contributed by atoms with van der Waals surface area (Å²) in [6.07, 6.45) is 0. The number of rotatable bonds is 8. The van der Waals surface area contributed by atoms with Gasteiger partial charge in [-0.05, 0) is 44.0 Å². The summed E-state index contributed by atoms with van der Waals surface area (Å²) in [6, 6.07) is 5.47. The topological polar surface area (TPSA) is 93.7 Å². The van der Waals surface area contributed by atoms with Crippen molar-refractivity contribution in [3.05, 3.63) is 29.3 Å². The smallest absolute Gasteiger partial charge is 0.344 e. The highest BCUT2D eigenvalue weighted by Crippen LogP contribution is 2.16. The van der Waals surface area contributed by atoms with E-state index in [9.17, 15) is 14.4 Å². The SMILES string of the molecule is CCNC(=O)CNC(=O)COC(=O)COc1ccc(C)c(C)c1. The van der Waals surface area contributed by atoms with Crippen LogP contribution in [0, 0.1) is 13.8 Å². The monoisotopic (exact) mass is 322 g/mol. The van der Waals surface area contributed by atoms with E-state index in [0.29, 0.717) is 12.3 Å². The normalized spacial score (nSPS) is 9.87. The fraction of sp³-hybridized carbons (Fsp3) is 0.438. The van der Waals surface area contributed by atoms with E-state index in [2.05, 4.69) is 10.6 Å². The van der Waals surface area contributed by atoms with E-state index in [4.69, 9.17) is 9.47 Å². The lowest BCUT2D eigenvalue weighted by molar-refractivity contribution is -0.150. The van der Waals surface area contributed by atoms with Crippen LogP contribution in [0.2, 0.25) is 0 Å². The molecule has 126 valence electrons. The molecule has 0 radical (unpaired) electrons. The van der Waals surface area contributed by atoms with E-state index in [1.54, 1.807) is 13.0 Å². The number of carbonyl (C=O) groups is 3. The Morgan fingerprint density at radius 1 is 1.00 bits per heavy atom. The van der Waals surface area contributed by atoms with Crippen molar-refractivity contribution >= 4 is 17.8 Å². The molecule has 2 N–H and O–H groups in total. The van der Waals surface area contributed by atoms with E-state index in [-0.39, 0.29) is 19.1 Å². The number of esters is 1. The molecule has 0 aliphatic carbocycles. The number of nitrogens with one attached hydrogen (secondary N) is 2. The highest BCUT2D eigenvalue weighted by Gasteiger charge is 2.10. The Labute approximate surface area is 135 Å². The molecule has 0 unspecified atom stereocenters. The summed E-state index contributed by atoms with van der Waals surface area (Å²) in [5.74, 6) is -0.942. The predicted octanol–water partition coefficient (Wildman–Crippen LogP) is 0.478. The maximum absolute atomic E-state index is 11.5. The van der Waals surface area contributed by atoms with Crippen molar-refractivity contribution in [2.75, 3.05) is 26.3 Å². The number of likely N-dealkylation sites (N-methyl/N-ethyl adjacent to an activating group) is 1. The Morgan fingerprint density at radius 2 is 1.74 bits per heavy atom. The van der Waals surface area contributed by atoms with E-state index < -0.39 is 18.5 Å². The summed E-state index contributed by atoms with van der Waals surface area (Å²) in [6.45, 7) is 5.30. The van der Waals surface area contributed by atoms with Gasteiger partial charge >= 0.3 is 5.97 Å². The highest BCUT2D eigenvalue weighted by molar-refractivity contribution is 5.86. The number of aryl methyl sites for hydroxylation is 2. The van der Waals surface area contributed by atoms with Crippen LogP contribution in [0.5, 0.6) is 5.75 Å². The minimum atomic E-state index is -0.656. The fourth-order valence-electron chi connectivity index (χ4n) is 1.62. The first kappa shape index (κ1) is 18.5. The van der Waals surface area contributed by atoms with Crippen LogP contribution < -0.4 is 15.4 Å². The largest absolute Gasteiger partial charge is 0.482 e. The van der Waals surface area contributed by atoms with Crippen LogP contribution in [0.25, 0.3) is 0 Å². The fourth-order valence-corrected chi connectivity index (χ4v) is 1.62. The summed E-state index contributed by atoms with van der Waals surface area (Å²) in [5.41, 5.74) is 2.18. The van der Waals surface area contributed by atoms with Crippen molar-refractivity contribution in [3.63, 3.8) is 0 Å². The maximum atomic E-state index is 11.5. The first-order chi connectivity index (χ1) is 10.9. The van der Waals surface area contributed by atoms with E-state index in [1.807, 2.05) is 26.0 Å². The van der Waals surface area contributed by atoms with Gasteiger partial charge in [0.15, 0.2) is 13.2 Å². The number of ether oxygens (including phenoxy) is 2. The number of benzene rings is 1. The van der Waals surface area contributed by atoms with Crippen LogP contribution in [-0.4, -0.2) is 44.1 Å². The summed E-state index contributed by atoms with van der Waals surface area (Å²) in [7, 11) is 0. The third-order valence-corrected chi connectivity index (χ3v) is 3.02. The van der Waals surface area contributed by atoms with Crippen LogP contribution in [0.4, 0.5) is 0 Å². The Balaban J connectivity index is 2.24. The molecule has 0 bridgehead atoms. The zero-order valence-electron chi connectivity index (χ0n) is 13.6. The van der Waals surface area contributed by atoms with Crippen molar-refractivity contribution in [2.24, 2.45) is 0 Å². The van der Waals surface area contributed by atoms with E-state index in [1.165, 1.54) is 0 Å². The van der Waals surface area contributed by atoms with Crippen LogP contribution >= 0.6 is 0 Å². The number of hydrogen-bond acceptors (Lipinski definition) is 5. The van der Waals surface area contributed by atoms with Gasteiger partial charge in [-0.3, -0.25) is 9.59 Å². The second-order valence-electron chi connectivity index (χ2n) is 4.93. The third-order valence-electron chi connectivity index (χ3n) is 3.02. The predicted molar refractivity (Wildman–Crippen MR) is 84.1 cm³/mol. The lowest BCUT2D eigenvalue weighted by Gasteiger charge is -2.09. The molecular formula is C16H22N2O5. The quantitative estimate of drug-likeness (QED) is 0.679. The lowest BCUT2D eigenvalue weighted by atomic mass is 10.1. The number of carbonyl (C=O) groups excluding carboxylic acids is 3. The molecule has 0 aliphatic heterocycles. The van der Waals surface area contributed by atoms with Gasteiger partial charge in [-0.15, -0.1) is 0 Å². The Morgan fingerprint density at radius 3 is 2.39 bits per heavy atom. The average molecular weight is 322 g/mol. The van der Waals surface area contributed by atoms with Gasteiger partial charge in [0.1, 0.15) is 5.75 Å². The van der Waals surface area contributed by atoms with Crippen molar-refractivity contribution in [2.45, 2.75) is 20.8 Å². The van der Waals surface area contributed by atoms with Crippen molar-refractivity contribution < 1.29 is 23.9 Å². The number of hydrogen-bond donors (Lipinski definition) is 2. The molecule has 0 fully saturated rings.